The number of benzene rings is 2. The van der Waals surface area contributed by atoms with E-state index in [0.29, 0.717) is 57.3 Å². The second-order valence-electron chi connectivity index (χ2n) is 11.8. The number of hydrogen-bond donors (Lipinski definition) is 2. The fraction of sp³-hybridized carbons (Fsp3) is 0.194. The van der Waals surface area contributed by atoms with Crippen molar-refractivity contribution in [1.82, 2.24) is 34.1 Å². The molecule has 7 aromatic rings. The molecule has 1 atom stereocenters. The number of anilines is 3. The van der Waals surface area contributed by atoms with Crippen molar-refractivity contribution < 1.29 is 14.3 Å². The van der Waals surface area contributed by atoms with E-state index in [-0.39, 0.29) is 11.8 Å². The second-order valence-corrected chi connectivity index (χ2v) is 13.3. The number of nitrogens with one attached hydrogen (secondary N) is 2. The highest BCUT2D eigenvalue weighted by atomic mass is 35.5. The van der Waals surface area contributed by atoms with Crippen molar-refractivity contribution >= 4 is 57.3 Å². The molecule has 254 valence electrons. The number of aromatic nitrogens is 6. The average Bonchev–Trinajstić information content (AvgIpc) is 3.88. The van der Waals surface area contributed by atoms with Crippen LogP contribution in [0.15, 0.2) is 91.5 Å². The van der Waals surface area contributed by atoms with E-state index in [9.17, 15) is 4.79 Å². The molecule has 0 saturated heterocycles. The second kappa shape index (κ2) is 14.2. The van der Waals surface area contributed by atoms with Gasteiger partial charge in [-0.05, 0) is 74.3 Å². The number of ether oxygens (including phenoxy) is 2. The molecule has 0 fully saturated rings. The number of nitrogens with zero attached hydrogens (tertiary/aromatic N) is 7. The van der Waals surface area contributed by atoms with E-state index < -0.39 is 0 Å². The van der Waals surface area contributed by atoms with Gasteiger partial charge in [-0.1, -0.05) is 23.7 Å². The summed E-state index contributed by atoms with van der Waals surface area (Å²) >= 11 is 7.59. The van der Waals surface area contributed by atoms with E-state index >= 15 is 0 Å². The van der Waals surface area contributed by atoms with Gasteiger partial charge in [0.25, 0.3) is 0 Å². The van der Waals surface area contributed by atoms with E-state index in [2.05, 4.69) is 25.7 Å². The molecule has 12 nitrogen and oxygen atoms in total. The fourth-order valence-corrected chi connectivity index (χ4v) is 6.76. The summed E-state index contributed by atoms with van der Waals surface area (Å²) in [4.78, 5) is 26.9. The minimum atomic E-state index is -0.0833. The molecule has 0 spiro atoms. The Kier molecular flexibility index (Phi) is 9.35. The molecule has 2 aromatic carbocycles. The number of fused-ring (bicyclic) bond motifs is 2. The Morgan fingerprint density at radius 1 is 0.880 bits per heavy atom. The fourth-order valence-electron chi connectivity index (χ4n) is 5.61. The van der Waals surface area contributed by atoms with Gasteiger partial charge in [0.1, 0.15) is 11.6 Å². The lowest BCUT2D eigenvalue weighted by molar-refractivity contribution is 0.0952. The molecule has 0 aliphatic heterocycles. The van der Waals surface area contributed by atoms with E-state index in [1.807, 2.05) is 93.2 Å². The van der Waals surface area contributed by atoms with Gasteiger partial charge >= 0.3 is 0 Å². The number of thiophene rings is 1. The predicted octanol–water partition coefficient (Wildman–Crippen LogP) is 7.20. The summed E-state index contributed by atoms with van der Waals surface area (Å²) in [5, 5.41) is 16.3. The summed E-state index contributed by atoms with van der Waals surface area (Å²) in [5.74, 6) is 2.68. The number of carbonyl (C=O) groups excluding carboxylic acids is 1. The largest absolute Gasteiger partial charge is 0.493 e. The summed E-state index contributed by atoms with van der Waals surface area (Å²) in [6.45, 7) is 0.514. The number of hydrogen-bond acceptors (Lipinski definition) is 11. The van der Waals surface area contributed by atoms with E-state index in [1.54, 1.807) is 35.6 Å². The molecule has 0 saturated carbocycles. The van der Waals surface area contributed by atoms with Crippen LogP contribution in [0.25, 0.3) is 32.9 Å². The van der Waals surface area contributed by atoms with Crippen LogP contribution in [0.4, 0.5) is 17.3 Å². The van der Waals surface area contributed by atoms with Crippen LogP contribution in [-0.2, 0) is 0 Å². The summed E-state index contributed by atoms with van der Waals surface area (Å²) in [6, 6.07) is 20.7. The van der Waals surface area contributed by atoms with Crippen LogP contribution >= 0.6 is 22.9 Å². The first-order valence-corrected chi connectivity index (χ1v) is 17.0. The Bertz CT molecular complexity index is 2320. The van der Waals surface area contributed by atoms with Gasteiger partial charge < -0.3 is 25.0 Å². The maximum absolute atomic E-state index is 13.6. The van der Waals surface area contributed by atoms with E-state index in [4.69, 9.17) is 31.0 Å². The lowest BCUT2D eigenvalue weighted by Crippen LogP contribution is -2.36. The molecule has 5 heterocycles. The Morgan fingerprint density at radius 2 is 1.60 bits per heavy atom. The Morgan fingerprint density at radius 3 is 2.34 bits per heavy atom. The summed E-state index contributed by atoms with van der Waals surface area (Å²) in [6.07, 6.45) is 7.60. The zero-order valence-electron chi connectivity index (χ0n) is 27.8. The van der Waals surface area contributed by atoms with Crippen molar-refractivity contribution in [2.75, 3.05) is 45.5 Å². The van der Waals surface area contributed by atoms with Crippen molar-refractivity contribution in [2.45, 2.75) is 12.5 Å². The highest BCUT2D eigenvalue weighted by Crippen LogP contribution is 2.34. The molecule has 7 rings (SSSR count). The van der Waals surface area contributed by atoms with Gasteiger partial charge in [-0.15, -0.1) is 11.3 Å². The quantitative estimate of drug-likeness (QED) is 0.119. The molecule has 1 unspecified atom stereocenters. The van der Waals surface area contributed by atoms with Gasteiger partial charge in [0.2, 0.25) is 0 Å². The molecule has 0 radical (unpaired) electrons. The van der Waals surface area contributed by atoms with Gasteiger partial charge in [-0.2, -0.15) is 10.2 Å². The summed E-state index contributed by atoms with van der Waals surface area (Å²) in [5.41, 5.74) is 4.83. The van der Waals surface area contributed by atoms with Crippen molar-refractivity contribution in [3.63, 3.8) is 0 Å². The number of Topliss-reactive ketones (excluding diaryl/α,β-unsaturated/α-hetero) is 1. The van der Waals surface area contributed by atoms with Crippen molar-refractivity contribution in [2.24, 2.45) is 0 Å². The zero-order chi connectivity index (χ0) is 34.8. The van der Waals surface area contributed by atoms with Gasteiger partial charge in [0, 0.05) is 52.6 Å². The predicted molar refractivity (Wildman–Crippen MR) is 197 cm³/mol. The summed E-state index contributed by atoms with van der Waals surface area (Å²) < 4.78 is 14.3. The van der Waals surface area contributed by atoms with Gasteiger partial charge in [0.15, 0.2) is 28.6 Å². The van der Waals surface area contributed by atoms with E-state index in [1.165, 1.54) is 11.3 Å². The number of carbonyl (C=O) groups is 1. The van der Waals surface area contributed by atoms with Crippen LogP contribution in [0.2, 0.25) is 5.02 Å². The first-order chi connectivity index (χ1) is 24.3. The summed E-state index contributed by atoms with van der Waals surface area (Å²) in [7, 11) is 7.17. The van der Waals surface area contributed by atoms with Crippen LogP contribution in [0.3, 0.4) is 0 Å². The van der Waals surface area contributed by atoms with Gasteiger partial charge in [0.05, 0.1) is 37.1 Å². The van der Waals surface area contributed by atoms with Crippen LogP contribution in [-0.4, -0.2) is 80.8 Å². The third-order valence-electron chi connectivity index (χ3n) is 8.35. The molecule has 50 heavy (non-hydrogen) atoms. The average molecular weight is 708 g/mol. The Balaban J connectivity index is 1.04. The molecule has 0 aliphatic rings. The standard InChI is InChI=1S/C36H34ClN9O3S/c1-44(2)25(19-38-33-12-14-45-35(42-33)26(20-39-45)22-8-9-29(48-3)30(16-22)49-4)18-28(47)32-11-10-31(50-32)27-21-40-46-15-13-34(43-36(27)46)41-24-7-5-6-23(37)17-24/h5-17,20-21,25H,18-19H2,1-4H3,(H,38,42)(H,41,43). The smallest absolute Gasteiger partial charge is 0.174 e. The number of likely N-dealkylation sites (N-methyl/N-ethyl adjacent to an activating group) is 1. The third kappa shape index (κ3) is 6.83. The molecule has 0 bridgehead atoms. The maximum atomic E-state index is 13.6. The molecule has 0 amide bonds. The third-order valence-corrected chi connectivity index (χ3v) is 9.74. The zero-order valence-corrected chi connectivity index (χ0v) is 29.4. The topological polar surface area (TPSA) is 123 Å². The molecule has 0 aliphatic carbocycles. The Hall–Kier alpha value is -5.50. The van der Waals surface area contributed by atoms with Crippen LogP contribution < -0.4 is 20.1 Å². The number of methoxy groups -OCH3 is 2. The van der Waals surface area contributed by atoms with Crippen LogP contribution in [0.5, 0.6) is 11.5 Å². The number of halogens is 1. The van der Waals surface area contributed by atoms with Crippen LogP contribution in [0.1, 0.15) is 16.1 Å². The molecular weight excluding hydrogens is 674 g/mol. The maximum Gasteiger partial charge on any atom is 0.174 e. The normalized spacial score (nSPS) is 12.0. The monoisotopic (exact) mass is 707 g/mol. The SMILES string of the molecule is COc1ccc(-c2cnn3ccc(NCC(CC(=O)c4ccc(-c5cnn6ccc(Nc7cccc(Cl)c7)nc56)s4)N(C)C)nc23)cc1OC. The van der Waals surface area contributed by atoms with Crippen LogP contribution in [0, 0.1) is 0 Å². The molecule has 5 aromatic heterocycles. The minimum absolute atomic E-state index is 0.0597. The minimum Gasteiger partial charge on any atom is -0.493 e. The van der Waals surface area contributed by atoms with Gasteiger partial charge in [-0.3, -0.25) is 4.79 Å². The highest BCUT2D eigenvalue weighted by molar-refractivity contribution is 7.17. The van der Waals surface area contributed by atoms with Crippen molar-refractivity contribution in [1.29, 1.82) is 0 Å². The van der Waals surface area contributed by atoms with Gasteiger partial charge in [-0.25, -0.2) is 19.0 Å². The first-order valence-electron chi connectivity index (χ1n) is 15.8. The van der Waals surface area contributed by atoms with Crippen molar-refractivity contribution in [3.05, 3.63) is 101 Å². The Labute approximate surface area is 297 Å². The number of ketones is 1. The lowest BCUT2D eigenvalue weighted by atomic mass is 10.1. The van der Waals surface area contributed by atoms with Crippen molar-refractivity contribution in [3.8, 4) is 33.1 Å². The van der Waals surface area contributed by atoms with E-state index in [0.717, 1.165) is 27.3 Å². The molecule has 2 N–H and O–H groups in total. The molecular formula is C36H34ClN9O3S. The highest BCUT2D eigenvalue weighted by Gasteiger charge is 2.21. The number of rotatable bonds is 13. The lowest BCUT2D eigenvalue weighted by Gasteiger charge is -2.24. The molecule has 14 heteroatoms. The first kappa shape index (κ1) is 33.0.